The molecule has 7 nitrogen and oxygen atoms in total. The van der Waals surface area contributed by atoms with E-state index in [2.05, 4.69) is 27.2 Å². The minimum atomic E-state index is -0.271. The van der Waals surface area contributed by atoms with Crippen LogP contribution >= 0.6 is 0 Å². The normalized spacial score (nSPS) is 16.1. The Bertz CT molecular complexity index is 1320. The summed E-state index contributed by atoms with van der Waals surface area (Å²) in [5, 5.41) is 3.90. The zero-order valence-corrected chi connectivity index (χ0v) is 19.3. The molecule has 0 bridgehead atoms. The number of nitrogens with one attached hydrogen (secondary N) is 2. The molecule has 1 amide bonds. The first kappa shape index (κ1) is 22.0. The van der Waals surface area contributed by atoms with Crippen molar-refractivity contribution in [2.24, 2.45) is 0 Å². The van der Waals surface area contributed by atoms with E-state index in [-0.39, 0.29) is 17.8 Å². The van der Waals surface area contributed by atoms with Gasteiger partial charge in [-0.2, -0.15) is 0 Å². The number of hydrogen-bond acceptors (Lipinski definition) is 5. The molecular formula is C26H27FN6O. The van der Waals surface area contributed by atoms with E-state index >= 15 is 0 Å². The maximum absolute atomic E-state index is 13.5. The zero-order valence-electron chi connectivity index (χ0n) is 19.3. The molecule has 4 aromatic rings. The third kappa shape index (κ3) is 4.77. The lowest BCUT2D eigenvalue weighted by Crippen LogP contribution is -2.36. The van der Waals surface area contributed by atoms with Crippen molar-refractivity contribution in [1.29, 1.82) is 0 Å². The molecule has 1 atom stereocenters. The van der Waals surface area contributed by atoms with Crippen LogP contribution in [0.5, 0.6) is 0 Å². The van der Waals surface area contributed by atoms with Gasteiger partial charge in [0.25, 0.3) is 5.91 Å². The monoisotopic (exact) mass is 458 g/mol. The van der Waals surface area contributed by atoms with Gasteiger partial charge in [0.1, 0.15) is 17.3 Å². The number of carbonyl (C=O) groups excluding carboxylic acids is 1. The van der Waals surface area contributed by atoms with E-state index in [1.165, 1.54) is 12.1 Å². The average Bonchev–Trinajstić information content (AvgIpc) is 3.45. The van der Waals surface area contributed by atoms with Crippen molar-refractivity contribution < 1.29 is 9.18 Å². The Balaban J connectivity index is 1.26. The Morgan fingerprint density at radius 3 is 2.79 bits per heavy atom. The van der Waals surface area contributed by atoms with Gasteiger partial charge in [-0.25, -0.2) is 9.37 Å². The number of amides is 1. The maximum Gasteiger partial charge on any atom is 0.251 e. The molecule has 0 saturated carbocycles. The lowest BCUT2D eigenvalue weighted by molar-refractivity contribution is 0.0938. The van der Waals surface area contributed by atoms with Crippen molar-refractivity contribution >= 4 is 22.6 Å². The predicted octanol–water partition coefficient (Wildman–Crippen LogP) is 3.83. The van der Waals surface area contributed by atoms with Gasteiger partial charge in [0.05, 0.1) is 18.1 Å². The van der Waals surface area contributed by atoms with Gasteiger partial charge in [0.15, 0.2) is 0 Å². The molecule has 3 heterocycles. The van der Waals surface area contributed by atoms with Gasteiger partial charge in [0, 0.05) is 42.6 Å². The molecule has 5 rings (SSSR count). The number of carbonyl (C=O) groups is 1. The van der Waals surface area contributed by atoms with Crippen LogP contribution in [0.4, 0.5) is 10.2 Å². The summed E-state index contributed by atoms with van der Waals surface area (Å²) >= 11 is 0. The molecular weight excluding hydrogens is 431 g/mol. The van der Waals surface area contributed by atoms with E-state index in [9.17, 15) is 9.18 Å². The Hall–Kier alpha value is -3.78. The van der Waals surface area contributed by atoms with Crippen LogP contribution in [0.25, 0.3) is 22.3 Å². The molecule has 1 fully saturated rings. The summed E-state index contributed by atoms with van der Waals surface area (Å²) in [6.07, 6.45) is 4.39. The summed E-state index contributed by atoms with van der Waals surface area (Å²) in [5.41, 5.74) is 4.05. The molecule has 2 aromatic carbocycles. The average molecular weight is 459 g/mol. The second-order valence-corrected chi connectivity index (χ2v) is 8.95. The van der Waals surface area contributed by atoms with Crippen molar-refractivity contribution in [3.63, 3.8) is 0 Å². The summed E-state index contributed by atoms with van der Waals surface area (Å²) in [7, 11) is 4.02. The third-order valence-corrected chi connectivity index (χ3v) is 6.23. The first-order valence-corrected chi connectivity index (χ1v) is 11.3. The highest BCUT2D eigenvalue weighted by Gasteiger charge is 2.21. The highest BCUT2D eigenvalue weighted by atomic mass is 19.1. The molecule has 174 valence electrons. The van der Waals surface area contributed by atoms with E-state index in [0.29, 0.717) is 17.8 Å². The van der Waals surface area contributed by atoms with Crippen LogP contribution in [0.3, 0.4) is 0 Å². The standard InChI is InChI=1S/C26H27FN6O/c1-32-10-9-21(16-32)29-26(34)18-5-3-17(4-6-18)15-33(2)25-14-28-13-24(31-25)23-12-19-11-20(27)7-8-22(19)30-23/h3-8,11-14,21,30H,9-10,15-16H2,1-2H3,(H,29,34). The van der Waals surface area contributed by atoms with E-state index in [1.807, 2.05) is 42.3 Å². The summed E-state index contributed by atoms with van der Waals surface area (Å²) < 4.78 is 13.5. The first-order valence-electron chi connectivity index (χ1n) is 11.3. The number of benzene rings is 2. The minimum absolute atomic E-state index is 0.0306. The van der Waals surface area contributed by atoms with Crippen LogP contribution in [0, 0.1) is 5.82 Å². The largest absolute Gasteiger partial charge is 0.354 e. The number of rotatable bonds is 6. The number of nitrogens with zero attached hydrogens (tertiary/aromatic N) is 4. The highest BCUT2D eigenvalue weighted by molar-refractivity contribution is 5.94. The third-order valence-electron chi connectivity index (χ3n) is 6.23. The van der Waals surface area contributed by atoms with Crippen LogP contribution < -0.4 is 10.2 Å². The Morgan fingerprint density at radius 2 is 2.03 bits per heavy atom. The molecule has 0 aliphatic carbocycles. The number of aromatic amines is 1. The molecule has 2 aromatic heterocycles. The Morgan fingerprint density at radius 1 is 1.21 bits per heavy atom. The molecule has 0 spiro atoms. The van der Waals surface area contributed by atoms with E-state index in [4.69, 9.17) is 4.98 Å². The van der Waals surface area contributed by atoms with Gasteiger partial charge >= 0.3 is 0 Å². The Labute approximate surface area is 197 Å². The van der Waals surface area contributed by atoms with Crippen molar-refractivity contribution in [2.75, 3.05) is 32.1 Å². The zero-order chi connectivity index (χ0) is 23.7. The smallest absolute Gasteiger partial charge is 0.251 e. The summed E-state index contributed by atoms with van der Waals surface area (Å²) in [6.45, 7) is 2.52. The fraction of sp³-hybridized carbons (Fsp3) is 0.269. The molecule has 1 unspecified atom stereocenters. The minimum Gasteiger partial charge on any atom is -0.354 e. The lowest BCUT2D eigenvalue weighted by atomic mass is 10.1. The SMILES string of the molecule is CN1CCC(NC(=O)c2ccc(CN(C)c3cncc(-c4cc5cc(F)ccc5[nH]4)n3)cc2)C1. The fourth-order valence-electron chi connectivity index (χ4n) is 4.35. The molecule has 1 aliphatic rings. The number of likely N-dealkylation sites (N-methyl/N-ethyl adjacent to an activating group) is 1. The van der Waals surface area contributed by atoms with Gasteiger partial charge < -0.3 is 20.1 Å². The van der Waals surface area contributed by atoms with Crippen molar-refractivity contribution in [3.05, 3.63) is 77.9 Å². The second-order valence-electron chi connectivity index (χ2n) is 8.95. The first-order chi connectivity index (χ1) is 16.4. The Kier molecular flexibility index (Phi) is 5.98. The van der Waals surface area contributed by atoms with Crippen LogP contribution in [0.2, 0.25) is 0 Å². The molecule has 2 N–H and O–H groups in total. The molecule has 1 saturated heterocycles. The van der Waals surface area contributed by atoms with E-state index in [0.717, 1.165) is 47.5 Å². The predicted molar refractivity (Wildman–Crippen MR) is 131 cm³/mol. The number of likely N-dealkylation sites (tertiary alicyclic amines) is 1. The number of anilines is 1. The molecule has 0 radical (unpaired) electrons. The van der Waals surface area contributed by atoms with Crippen molar-refractivity contribution in [1.82, 2.24) is 25.2 Å². The number of fused-ring (bicyclic) bond motifs is 1. The van der Waals surface area contributed by atoms with Gasteiger partial charge in [-0.15, -0.1) is 0 Å². The van der Waals surface area contributed by atoms with Gasteiger partial charge in [0.2, 0.25) is 0 Å². The van der Waals surface area contributed by atoms with Crippen molar-refractivity contribution in [3.8, 4) is 11.4 Å². The van der Waals surface area contributed by atoms with Crippen LogP contribution in [-0.2, 0) is 6.54 Å². The number of hydrogen-bond donors (Lipinski definition) is 2. The van der Waals surface area contributed by atoms with Crippen molar-refractivity contribution in [2.45, 2.75) is 19.0 Å². The fourth-order valence-corrected chi connectivity index (χ4v) is 4.35. The number of halogens is 1. The van der Waals surface area contributed by atoms with E-state index in [1.54, 1.807) is 18.5 Å². The second kappa shape index (κ2) is 9.23. The van der Waals surface area contributed by atoms with Gasteiger partial charge in [-0.1, -0.05) is 12.1 Å². The topological polar surface area (TPSA) is 77.2 Å². The maximum atomic E-state index is 13.5. The summed E-state index contributed by atoms with van der Waals surface area (Å²) in [6, 6.07) is 14.4. The number of aromatic nitrogens is 3. The quantitative estimate of drug-likeness (QED) is 0.459. The van der Waals surface area contributed by atoms with E-state index < -0.39 is 0 Å². The molecule has 1 aliphatic heterocycles. The van der Waals surface area contributed by atoms with Gasteiger partial charge in [-0.3, -0.25) is 9.78 Å². The summed E-state index contributed by atoms with van der Waals surface area (Å²) in [4.78, 5) is 29.1. The number of H-pyrrole nitrogens is 1. The van der Waals surface area contributed by atoms with Gasteiger partial charge in [-0.05, 0) is 62.0 Å². The molecule has 34 heavy (non-hydrogen) atoms. The summed E-state index contributed by atoms with van der Waals surface area (Å²) in [5.74, 6) is 0.416. The van der Waals surface area contributed by atoms with Crippen LogP contribution in [0.15, 0.2) is 60.9 Å². The van der Waals surface area contributed by atoms with Crippen LogP contribution in [-0.4, -0.2) is 59.0 Å². The lowest BCUT2D eigenvalue weighted by Gasteiger charge is -2.18. The molecule has 8 heteroatoms. The van der Waals surface area contributed by atoms with Crippen LogP contribution in [0.1, 0.15) is 22.3 Å². The highest BCUT2D eigenvalue weighted by Crippen LogP contribution is 2.24.